The third-order valence-electron chi connectivity index (χ3n) is 1.77. The molecule has 1 atom stereocenters. The molecule has 1 N–H and O–H groups in total. The van der Waals surface area contributed by atoms with Crippen LogP contribution in [0.15, 0.2) is 0 Å². The van der Waals surface area contributed by atoms with Crippen LogP contribution in [-0.2, 0) is 32.9 Å². The van der Waals surface area contributed by atoms with Crippen LogP contribution in [0.3, 0.4) is 0 Å². The number of halogens is 1. The van der Waals surface area contributed by atoms with Gasteiger partial charge in [-0.2, -0.15) is 0 Å². The number of carbonyl (C=O) groups excluding carboxylic acids is 1. The minimum absolute atomic E-state index is 0.107. The Labute approximate surface area is 95.4 Å². The van der Waals surface area contributed by atoms with Crippen LogP contribution in [0.25, 0.3) is 0 Å². The SMILES string of the molecule is CCCC(=O)NCC([CH2][Hg][Cl])OC. The van der Waals surface area contributed by atoms with Crippen molar-refractivity contribution in [2.75, 3.05) is 13.7 Å². The van der Waals surface area contributed by atoms with Gasteiger partial charge < -0.3 is 0 Å². The maximum absolute atomic E-state index is 11.1. The average molecular weight is 394 g/mol. The predicted octanol–water partition coefficient (Wildman–Crippen LogP) is 1.57. The minimum atomic E-state index is -1.14. The number of methoxy groups -OCH3 is 1. The van der Waals surface area contributed by atoms with Crippen molar-refractivity contribution in [1.82, 2.24) is 5.32 Å². The van der Waals surface area contributed by atoms with Crippen molar-refractivity contribution in [1.29, 1.82) is 0 Å². The zero-order chi connectivity index (χ0) is 10.1. The van der Waals surface area contributed by atoms with E-state index in [9.17, 15) is 4.79 Å². The molecule has 0 aromatic carbocycles. The summed E-state index contributed by atoms with van der Waals surface area (Å²) in [5, 5.41) is 2.83. The first kappa shape index (κ1) is 13.7. The van der Waals surface area contributed by atoms with Gasteiger partial charge in [0.2, 0.25) is 0 Å². The fraction of sp³-hybridized carbons (Fsp3) is 0.875. The second-order valence-corrected chi connectivity index (χ2v) is 9.92. The predicted molar refractivity (Wildman–Crippen MR) is 49.4 cm³/mol. The molecule has 3 nitrogen and oxygen atoms in total. The van der Waals surface area contributed by atoms with Crippen molar-refractivity contribution in [3.05, 3.63) is 0 Å². The summed E-state index contributed by atoms with van der Waals surface area (Å²) in [6.07, 6.45) is 1.63. The summed E-state index contributed by atoms with van der Waals surface area (Å²) >= 11 is -1.14. The molecule has 0 bridgehead atoms. The van der Waals surface area contributed by atoms with Gasteiger partial charge in [0.25, 0.3) is 0 Å². The summed E-state index contributed by atoms with van der Waals surface area (Å²) < 4.78 is 6.17. The van der Waals surface area contributed by atoms with E-state index in [-0.39, 0.29) is 12.0 Å². The van der Waals surface area contributed by atoms with E-state index in [0.29, 0.717) is 13.0 Å². The molecule has 0 aliphatic rings. The number of hydrogen-bond acceptors (Lipinski definition) is 2. The van der Waals surface area contributed by atoms with Crippen LogP contribution in [0.5, 0.6) is 0 Å². The Morgan fingerprint density at radius 1 is 1.69 bits per heavy atom. The molecule has 0 saturated carbocycles. The summed E-state index contributed by atoms with van der Waals surface area (Å²) in [5.74, 6) is 0.107. The molecule has 1 unspecified atom stereocenters. The number of nitrogens with one attached hydrogen (secondary N) is 1. The molecule has 0 aromatic heterocycles. The van der Waals surface area contributed by atoms with Crippen molar-refractivity contribution >= 4 is 14.2 Å². The van der Waals surface area contributed by atoms with Crippen LogP contribution >= 0.6 is 8.25 Å². The number of ether oxygens (including phenoxy) is 1. The van der Waals surface area contributed by atoms with Crippen molar-refractivity contribution in [3.8, 4) is 0 Å². The molecule has 0 spiro atoms. The van der Waals surface area contributed by atoms with Crippen LogP contribution in [0.1, 0.15) is 19.8 Å². The van der Waals surface area contributed by atoms with Gasteiger partial charge in [-0.15, -0.1) is 0 Å². The number of carbonyl (C=O) groups is 1. The zero-order valence-corrected chi connectivity index (χ0v) is 14.6. The topological polar surface area (TPSA) is 38.3 Å². The summed E-state index contributed by atoms with van der Waals surface area (Å²) in [7, 11) is 7.44. The van der Waals surface area contributed by atoms with Crippen LogP contribution in [0.2, 0.25) is 3.93 Å². The fourth-order valence-electron chi connectivity index (χ4n) is 0.968. The van der Waals surface area contributed by atoms with Crippen LogP contribution < -0.4 is 5.32 Å². The first-order chi connectivity index (χ1) is 6.24. The molecule has 0 fully saturated rings. The van der Waals surface area contributed by atoms with Crippen molar-refractivity contribution in [2.45, 2.75) is 29.8 Å². The zero-order valence-electron chi connectivity index (χ0n) is 8.31. The molecule has 5 heteroatoms. The third-order valence-corrected chi connectivity index (χ3v) is 7.03. The Morgan fingerprint density at radius 3 is 2.85 bits per heavy atom. The molecule has 0 heterocycles. The first-order valence-corrected chi connectivity index (χ1v) is 15.3. The van der Waals surface area contributed by atoms with Gasteiger partial charge in [-0.05, 0) is 0 Å². The van der Waals surface area contributed by atoms with Gasteiger partial charge in [0.1, 0.15) is 0 Å². The van der Waals surface area contributed by atoms with E-state index in [1.807, 2.05) is 6.92 Å². The van der Waals surface area contributed by atoms with Gasteiger partial charge in [0, 0.05) is 0 Å². The van der Waals surface area contributed by atoms with Crippen LogP contribution in [0, 0.1) is 0 Å². The Kier molecular flexibility index (Phi) is 9.68. The Bertz CT molecular complexity index is 146. The number of rotatable bonds is 7. The second-order valence-electron chi connectivity index (χ2n) is 2.89. The van der Waals surface area contributed by atoms with Crippen LogP contribution in [-0.4, -0.2) is 25.7 Å². The number of amides is 1. The second kappa shape index (κ2) is 9.22. The molecule has 0 radical (unpaired) electrons. The van der Waals surface area contributed by atoms with Crippen molar-refractivity contribution < 1.29 is 32.9 Å². The summed E-state index contributed by atoms with van der Waals surface area (Å²) in [4.78, 5) is 11.1. The Balaban J connectivity index is 3.52. The van der Waals surface area contributed by atoms with Gasteiger partial charge >= 0.3 is 95.8 Å². The van der Waals surface area contributed by atoms with Gasteiger partial charge in [-0.25, -0.2) is 0 Å². The first-order valence-electron chi connectivity index (χ1n) is 4.60. The van der Waals surface area contributed by atoms with Crippen LogP contribution in [0.4, 0.5) is 0 Å². The van der Waals surface area contributed by atoms with Gasteiger partial charge in [-0.3, -0.25) is 0 Å². The van der Waals surface area contributed by atoms with Crippen molar-refractivity contribution in [2.24, 2.45) is 0 Å². The Hall–Kier alpha value is 0.655. The summed E-state index contributed by atoms with van der Waals surface area (Å²) in [6.45, 7) is 2.60. The molecule has 74 valence electrons. The number of hydrogen-bond donors (Lipinski definition) is 1. The van der Waals surface area contributed by atoms with E-state index in [1.165, 1.54) is 0 Å². The molecular weight excluding hydrogens is 378 g/mol. The van der Waals surface area contributed by atoms with E-state index in [1.54, 1.807) is 7.11 Å². The average Bonchev–Trinajstić information content (AvgIpc) is 2.12. The molecule has 0 aliphatic carbocycles. The normalized spacial score (nSPS) is 11.9. The van der Waals surface area contributed by atoms with Gasteiger partial charge in [-0.1, -0.05) is 0 Å². The molecule has 0 rings (SSSR count). The Morgan fingerprint density at radius 2 is 2.38 bits per heavy atom. The van der Waals surface area contributed by atoms with Crippen molar-refractivity contribution in [3.63, 3.8) is 0 Å². The molecule has 1 amide bonds. The van der Waals surface area contributed by atoms with Gasteiger partial charge in [0.05, 0.1) is 0 Å². The molecule has 0 aliphatic heterocycles. The van der Waals surface area contributed by atoms with E-state index in [0.717, 1.165) is 10.4 Å². The summed E-state index contributed by atoms with van der Waals surface area (Å²) in [6, 6.07) is 0. The molecule has 0 saturated heterocycles. The molecular formula is C8H16ClHgNO2. The summed E-state index contributed by atoms with van der Waals surface area (Å²) in [5.41, 5.74) is 0. The van der Waals surface area contributed by atoms with E-state index in [2.05, 4.69) is 5.32 Å². The third kappa shape index (κ3) is 7.71. The molecule has 0 aromatic rings. The molecule has 13 heavy (non-hydrogen) atoms. The monoisotopic (exact) mass is 395 g/mol. The fourth-order valence-corrected chi connectivity index (χ4v) is 5.76. The quantitative estimate of drug-likeness (QED) is 0.666. The van der Waals surface area contributed by atoms with E-state index < -0.39 is 23.3 Å². The standard InChI is InChI=1S/C8H16NO2.ClH.Hg/c1-4-5-8(10)9-6-7(2)11-3;;/h7H,2,4-6H2,1,3H3,(H,9,10);1H;/q;;+1/p-1. The maximum atomic E-state index is 11.1. The van der Waals surface area contributed by atoms with Gasteiger partial charge in [0.15, 0.2) is 0 Å². The van der Waals surface area contributed by atoms with E-state index >= 15 is 0 Å². The van der Waals surface area contributed by atoms with E-state index in [4.69, 9.17) is 13.0 Å².